The van der Waals surface area contributed by atoms with Crippen LogP contribution < -0.4 is 16.4 Å². The Labute approximate surface area is 95.4 Å². The van der Waals surface area contributed by atoms with Crippen molar-refractivity contribution < 1.29 is 4.79 Å². The van der Waals surface area contributed by atoms with Crippen molar-refractivity contribution >= 4 is 17.4 Å². The molecule has 1 heterocycles. The number of hydrogen-bond donors (Lipinski definition) is 2. The molecule has 1 rings (SSSR count). The topological polar surface area (TPSA) is 85.2 Å². The first-order chi connectivity index (χ1) is 7.41. The molecule has 0 spiro atoms. The first-order valence-electron chi connectivity index (χ1n) is 5.19. The molecule has 0 saturated heterocycles. The number of anilines is 2. The van der Waals surface area contributed by atoms with Crippen LogP contribution in [0, 0.1) is 6.92 Å². The maximum absolute atomic E-state index is 11.0. The van der Waals surface area contributed by atoms with Gasteiger partial charge >= 0.3 is 0 Å². The number of carbonyl (C=O) groups excluding carboxylic acids is 1. The quantitative estimate of drug-likeness (QED) is 0.784. The van der Waals surface area contributed by atoms with Gasteiger partial charge in [-0.05, 0) is 32.4 Å². The summed E-state index contributed by atoms with van der Waals surface area (Å²) in [7, 11) is 0. The Balaban J connectivity index is 3.05. The summed E-state index contributed by atoms with van der Waals surface area (Å²) in [5.41, 5.74) is 12.6. The van der Waals surface area contributed by atoms with Gasteiger partial charge in [0.1, 0.15) is 0 Å². The summed E-state index contributed by atoms with van der Waals surface area (Å²) in [6.45, 7) is 5.96. The lowest BCUT2D eigenvalue weighted by atomic mass is 10.2. The van der Waals surface area contributed by atoms with E-state index in [2.05, 4.69) is 4.98 Å². The third-order valence-corrected chi connectivity index (χ3v) is 2.25. The lowest BCUT2D eigenvalue weighted by Crippen LogP contribution is -2.39. The van der Waals surface area contributed by atoms with Crippen LogP contribution in [0.3, 0.4) is 0 Å². The second-order valence-electron chi connectivity index (χ2n) is 4.11. The van der Waals surface area contributed by atoms with Gasteiger partial charge in [-0.1, -0.05) is 0 Å². The van der Waals surface area contributed by atoms with Crippen molar-refractivity contribution in [3.8, 4) is 0 Å². The molecule has 0 atom stereocenters. The standard InChI is InChI=1S/C11H18N4O/c1-7(2)15(6-10(13)16)11-9(12)4-8(3)5-14-11/h4-5,7H,6,12H2,1-3H3,(H2,13,16). The number of nitrogens with two attached hydrogens (primary N) is 2. The van der Waals surface area contributed by atoms with Gasteiger partial charge in [-0.2, -0.15) is 0 Å². The smallest absolute Gasteiger partial charge is 0.237 e. The molecular formula is C11H18N4O. The molecule has 5 heteroatoms. The van der Waals surface area contributed by atoms with Gasteiger partial charge in [0, 0.05) is 12.2 Å². The molecule has 0 saturated carbocycles. The van der Waals surface area contributed by atoms with Crippen LogP contribution in [0.15, 0.2) is 12.3 Å². The molecule has 0 aliphatic rings. The largest absolute Gasteiger partial charge is 0.396 e. The fraction of sp³-hybridized carbons (Fsp3) is 0.455. The summed E-state index contributed by atoms with van der Waals surface area (Å²) in [5.74, 6) is 0.217. The molecule has 0 unspecified atom stereocenters. The Kier molecular flexibility index (Phi) is 3.71. The number of amides is 1. The highest BCUT2D eigenvalue weighted by molar-refractivity contribution is 5.80. The summed E-state index contributed by atoms with van der Waals surface area (Å²) in [6.07, 6.45) is 1.72. The highest BCUT2D eigenvalue weighted by Crippen LogP contribution is 2.22. The van der Waals surface area contributed by atoms with E-state index < -0.39 is 5.91 Å². The first kappa shape index (κ1) is 12.3. The number of pyridine rings is 1. The number of nitrogens with zero attached hydrogens (tertiary/aromatic N) is 2. The van der Waals surface area contributed by atoms with Crippen LogP contribution in [0.25, 0.3) is 0 Å². The van der Waals surface area contributed by atoms with Gasteiger partial charge in [0.25, 0.3) is 0 Å². The van der Waals surface area contributed by atoms with E-state index >= 15 is 0 Å². The number of rotatable bonds is 4. The van der Waals surface area contributed by atoms with E-state index in [0.29, 0.717) is 11.5 Å². The van der Waals surface area contributed by atoms with Crippen molar-refractivity contribution in [2.45, 2.75) is 26.8 Å². The highest BCUT2D eigenvalue weighted by atomic mass is 16.1. The summed E-state index contributed by atoms with van der Waals surface area (Å²) >= 11 is 0. The van der Waals surface area contributed by atoms with Crippen LogP contribution in [-0.2, 0) is 4.79 Å². The average Bonchev–Trinajstić information content (AvgIpc) is 2.14. The SMILES string of the molecule is Cc1cnc(N(CC(N)=O)C(C)C)c(N)c1. The summed E-state index contributed by atoms with van der Waals surface area (Å²) in [5, 5.41) is 0. The summed E-state index contributed by atoms with van der Waals surface area (Å²) in [6, 6.07) is 1.95. The van der Waals surface area contributed by atoms with Crippen LogP contribution >= 0.6 is 0 Å². The Morgan fingerprint density at radius 1 is 1.56 bits per heavy atom. The van der Waals surface area contributed by atoms with Crippen molar-refractivity contribution in [1.82, 2.24) is 4.98 Å². The number of nitrogen functional groups attached to an aromatic ring is 1. The van der Waals surface area contributed by atoms with Gasteiger partial charge in [-0.15, -0.1) is 0 Å². The van der Waals surface area contributed by atoms with E-state index in [4.69, 9.17) is 11.5 Å². The van der Waals surface area contributed by atoms with Crippen molar-refractivity contribution in [3.63, 3.8) is 0 Å². The van der Waals surface area contributed by atoms with Gasteiger partial charge in [-0.25, -0.2) is 4.98 Å². The van der Waals surface area contributed by atoms with E-state index in [-0.39, 0.29) is 12.6 Å². The predicted molar refractivity (Wildman–Crippen MR) is 65.1 cm³/mol. The Morgan fingerprint density at radius 3 is 2.62 bits per heavy atom. The van der Waals surface area contributed by atoms with E-state index in [1.807, 2.05) is 26.8 Å². The number of hydrogen-bond acceptors (Lipinski definition) is 4. The zero-order valence-electron chi connectivity index (χ0n) is 9.90. The first-order valence-corrected chi connectivity index (χ1v) is 5.19. The van der Waals surface area contributed by atoms with E-state index in [9.17, 15) is 4.79 Å². The van der Waals surface area contributed by atoms with Crippen LogP contribution in [0.4, 0.5) is 11.5 Å². The van der Waals surface area contributed by atoms with E-state index in [1.54, 1.807) is 11.1 Å². The zero-order chi connectivity index (χ0) is 12.3. The Bertz CT molecular complexity index is 390. The number of aromatic nitrogens is 1. The van der Waals surface area contributed by atoms with Gasteiger partial charge in [-0.3, -0.25) is 4.79 Å². The Hall–Kier alpha value is -1.78. The van der Waals surface area contributed by atoms with Crippen molar-refractivity contribution in [2.24, 2.45) is 5.73 Å². The van der Waals surface area contributed by atoms with Crippen LogP contribution in [0.2, 0.25) is 0 Å². The van der Waals surface area contributed by atoms with E-state index in [0.717, 1.165) is 5.56 Å². The molecule has 1 amide bonds. The predicted octanol–water partition coefficient (Wildman–Crippen LogP) is 0.672. The van der Waals surface area contributed by atoms with E-state index in [1.165, 1.54) is 0 Å². The number of aryl methyl sites for hydroxylation is 1. The maximum atomic E-state index is 11.0. The minimum atomic E-state index is -0.393. The number of primary amides is 1. The normalized spacial score (nSPS) is 10.5. The summed E-state index contributed by atoms with van der Waals surface area (Å²) in [4.78, 5) is 17.0. The third kappa shape index (κ3) is 2.85. The molecule has 5 nitrogen and oxygen atoms in total. The van der Waals surface area contributed by atoms with Gasteiger partial charge < -0.3 is 16.4 Å². The molecule has 0 aliphatic carbocycles. The molecule has 88 valence electrons. The van der Waals surface area contributed by atoms with Crippen molar-refractivity contribution in [1.29, 1.82) is 0 Å². The van der Waals surface area contributed by atoms with Crippen LogP contribution in [-0.4, -0.2) is 23.5 Å². The second-order valence-corrected chi connectivity index (χ2v) is 4.11. The van der Waals surface area contributed by atoms with Crippen LogP contribution in [0.5, 0.6) is 0 Å². The molecule has 0 fully saturated rings. The zero-order valence-corrected chi connectivity index (χ0v) is 9.90. The lowest BCUT2D eigenvalue weighted by molar-refractivity contribution is -0.116. The van der Waals surface area contributed by atoms with Crippen LogP contribution in [0.1, 0.15) is 19.4 Å². The number of carbonyl (C=O) groups is 1. The molecule has 1 aromatic rings. The van der Waals surface area contributed by atoms with Gasteiger partial charge in [0.2, 0.25) is 5.91 Å². The van der Waals surface area contributed by atoms with Crippen molar-refractivity contribution in [3.05, 3.63) is 17.8 Å². The lowest BCUT2D eigenvalue weighted by Gasteiger charge is -2.27. The van der Waals surface area contributed by atoms with Gasteiger partial charge in [0.15, 0.2) is 5.82 Å². The fourth-order valence-corrected chi connectivity index (χ4v) is 1.49. The maximum Gasteiger partial charge on any atom is 0.237 e. The molecule has 0 bridgehead atoms. The molecule has 0 aromatic carbocycles. The molecular weight excluding hydrogens is 204 g/mol. The molecule has 1 aromatic heterocycles. The highest BCUT2D eigenvalue weighted by Gasteiger charge is 2.16. The molecule has 0 aliphatic heterocycles. The fourth-order valence-electron chi connectivity index (χ4n) is 1.49. The summed E-state index contributed by atoms with van der Waals surface area (Å²) < 4.78 is 0. The third-order valence-electron chi connectivity index (χ3n) is 2.25. The van der Waals surface area contributed by atoms with Gasteiger partial charge in [0.05, 0.1) is 12.2 Å². The Morgan fingerprint density at radius 2 is 2.19 bits per heavy atom. The monoisotopic (exact) mass is 222 g/mol. The molecule has 0 radical (unpaired) electrons. The second kappa shape index (κ2) is 4.83. The average molecular weight is 222 g/mol. The minimum absolute atomic E-state index is 0.116. The molecule has 16 heavy (non-hydrogen) atoms. The van der Waals surface area contributed by atoms with Crippen molar-refractivity contribution in [2.75, 3.05) is 17.2 Å². The molecule has 4 N–H and O–H groups in total. The minimum Gasteiger partial charge on any atom is -0.396 e.